The van der Waals surface area contributed by atoms with Crippen molar-refractivity contribution in [2.75, 3.05) is 7.11 Å². The number of rotatable bonds is 6. The van der Waals surface area contributed by atoms with E-state index in [-0.39, 0.29) is 30.5 Å². The van der Waals surface area contributed by atoms with Gasteiger partial charge in [-0.15, -0.1) is 0 Å². The number of carbonyl (C=O) groups is 2. The Balaban J connectivity index is 1.97. The molecule has 0 aliphatic carbocycles. The maximum atomic E-state index is 11.3. The Morgan fingerprint density at radius 3 is 2.62 bits per heavy atom. The van der Waals surface area contributed by atoms with Gasteiger partial charge < -0.3 is 14.6 Å². The second kappa shape index (κ2) is 6.65. The average molecular weight is 289 g/mol. The fraction of sp³-hybridized carbons (Fsp3) is 0.286. The number of ketones is 1. The number of Topliss-reactive ketones (excluding diaryl/α,β-unsaturated/α-hetero) is 1. The number of nitrogens with zero attached hydrogens (tertiary/aromatic N) is 2. The molecule has 1 amide bonds. The summed E-state index contributed by atoms with van der Waals surface area (Å²) in [5.41, 5.74) is 0.779. The number of hydrogen-bond donors (Lipinski definition) is 1. The van der Waals surface area contributed by atoms with Gasteiger partial charge in [0.1, 0.15) is 11.5 Å². The molecule has 7 heteroatoms. The van der Waals surface area contributed by atoms with E-state index < -0.39 is 0 Å². The molecule has 1 aromatic carbocycles. The maximum absolute atomic E-state index is 11.3. The van der Waals surface area contributed by atoms with Gasteiger partial charge in [0.2, 0.25) is 17.6 Å². The summed E-state index contributed by atoms with van der Waals surface area (Å²) in [5, 5.41) is 6.37. The Kier molecular flexibility index (Phi) is 4.65. The summed E-state index contributed by atoms with van der Waals surface area (Å²) in [6.45, 7) is 1.45. The standard InChI is InChI=1S/C14H15N3O4/c1-9(18)7-12(19)15-8-13-16-14(17-21-13)10-3-5-11(20-2)6-4-10/h3-6H,7-8H2,1-2H3,(H,15,19). The summed E-state index contributed by atoms with van der Waals surface area (Å²) in [4.78, 5) is 26.3. The molecule has 0 fully saturated rings. The molecule has 1 N–H and O–H groups in total. The quantitative estimate of drug-likeness (QED) is 0.806. The van der Waals surface area contributed by atoms with Crippen molar-refractivity contribution in [1.29, 1.82) is 0 Å². The lowest BCUT2D eigenvalue weighted by Gasteiger charge is -1.99. The first-order valence-electron chi connectivity index (χ1n) is 6.31. The predicted octanol–water partition coefficient (Wildman–Crippen LogP) is 1.34. The fourth-order valence-corrected chi connectivity index (χ4v) is 1.65. The third-order valence-electron chi connectivity index (χ3n) is 2.66. The number of nitrogens with one attached hydrogen (secondary N) is 1. The van der Waals surface area contributed by atoms with Crippen LogP contribution in [0.15, 0.2) is 28.8 Å². The lowest BCUT2D eigenvalue weighted by molar-refractivity contribution is -0.127. The molecule has 1 aromatic heterocycles. The van der Waals surface area contributed by atoms with Gasteiger partial charge >= 0.3 is 0 Å². The number of benzene rings is 1. The first kappa shape index (κ1) is 14.7. The largest absolute Gasteiger partial charge is 0.497 e. The number of hydrogen-bond acceptors (Lipinski definition) is 6. The maximum Gasteiger partial charge on any atom is 0.246 e. The average Bonchev–Trinajstić information content (AvgIpc) is 2.93. The summed E-state index contributed by atoms with van der Waals surface area (Å²) < 4.78 is 10.1. The van der Waals surface area contributed by atoms with E-state index in [1.165, 1.54) is 6.92 Å². The summed E-state index contributed by atoms with van der Waals surface area (Å²) >= 11 is 0. The van der Waals surface area contributed by atoms with Gasteiger partial charge in [-0.25, -0.2) is 0 Å². The van der Waals surface area contributed by atoms with Crippen LogP contribution in [0.1, 0.15) is 19.2 Å². The molecule has 1 heterocycles. The summed E-state index contributed by atoms with van der Waals surface area (Å²) in [6, 6.07) is 7.20. The van der Waals surface area contributed by atoms with Crippen molar-refractivity contribution < 1.29 is 18.8 Å². The Bertz CT molecular complexity index is 634. The van der Waals surface area contributed by atoms with Gasteiger partial charge in [-0.05, 0) is 31.2 Å². The van der Waals surface area contributed by atoms with Gasteiger partial charge in [0, 0.05) is 5.56 Å². The summed E-state index contributed by atoms with van der Waals surface area (Å²) in [7, 11) is 1.59. The van der Waals surface area contributed by atoms with Crippen molar-refractivity contribution in [3.8, 4) is 17.1 Å². The van der Waals surface area contributed by atoms with Gasteiger partial charge in [-0.3, -0.25) is 9.59 Å². The summed E-state index contributed by atoms with van der Waals surface area (Å²) in [5.74, 6) is 0.869. The zero-order valence-electron chi connectivity index (χ0n) is 11.8. The first-order chi connectivity index (χ1) is 10.1. The Morgan fingerprint density at radius 1 is 1.29 bits per heavy atom. The molecule has 2 rings (SSSR count). The molecule has 0 atom stereocenters. The molecule has 0 radical (unpaired) electrons. The predicted molar refractivity (Wildman–Crippen MR) is 73.4 cm³/mol. The van der Waals surface area contributed by atoms with E-state index in [1.54, 1.807) is 19.2 Å². The van der Waals surface area contributed by atoms with Gasteiger partial charge in [0.15, 0.2) is 0 Å². The lowest BCUT2D eigenvalue weighted by atomic mass is 10.2. The molecule has 0 saturated heterocycles. The van der Waals surface area contributed by atoms with Gasteiger partial charge in [0.25, 0.3) is 0 Å². The minimum atomic E-state index is -0.369. The molecule has 0 aliphatic heterocycles. The van der Waals surface area contributed by atoms with Crippen LogP contribution >= 0.6 is 0 Å². The van der Waals surface area contributed by atoms with Crippen LogP contribution in [0.25, 0.3) is 11.4 Å². The highest BCUT2D eigenvalue weighted by atomic mass is 16.5. The summed E-state index contributed by atoms with van der Waals surface area (Å²) in [6.07, 6.45) is -0.153. The van der Waals surface area contributed by atoms with E-state index in [9.17, 15) is 9.59 Å². The number of amides is 1. The topological polar surface area (TPSA) is 94.3 Å². The third-order valence-corrected chi connectivity index (χ3v) is 2.66. The highest BCUT2D eigenvalue weighted by Gasteiger charge is 2.10. The molecule has 2 aromatic rings. The van der Waals surface area contributed by atoms with Gasteiger partial charge in [-0.2, -0.15) is 4.98 Å². The van der Waals surface area contributed by atoms with Crippen molar-refractivity contribution >= 4 is 11.7 Å². The van der Waals surface area contributed by atoms with E-state index in [0.717, 1.165) is 11.3 Å². The molecule has 0 saturated carbocycles. The van der Waals surface area contributed by atoms with E-state index in [2.05, 4.69) is 15.5 Å². The van der Waals surface area contributed by atoms with Gasteiger partial charge in [0.05, 0.1) is 20.1 Å². The van der Waals surface area contributed by atoms with Crippen LogP contribution in [0.3, 0.4) is 0 Å². The van der Waals surface area contributed by atoms with Crippen LogP contribution in [-0.2, 0) is 16.1 Å². The van der Waals surface area contributed by atoms with Crippen molar-refractivity contribution in [2.45, 2.75) is 19.9 Å². The Morgan fingerprint density at radius 2 is 2.00 bits per heavy atom. The molecular weight excluding hydrogens is 274 g/mol. The minimum Gasteiger partial charge on any atom is -0.497 e. The zero-order chi connectivity index (χ0) is 15.2. The van der Waals surface area contributed by atoms with Crippen LogP contribution in [0, 0.1) is 0 Å². The number of methoxy groups -OCH3 is 1. The smallest absolute Gasteiger partial charge is 0.246 e. The van der Waals surface area contributed by atoms with Crippen molar-refractivity contribution in [2.24, 2.45) is 0 Å². The van der Waals surface area contributed by atoms with Crippen LogP contribution in [0.5, 0.6) is 5.75 Å². The second-order valence-electron chi connectivity index (χ2n) is 4.40. The second-order valence-corrected chi connectivity index (χ2v) is 4.40. The van der Waals surface area contributed by atoms with Gasteiger partial charge in [-0.1, -0.05) is 5.16 Å². The van der Waals surface area contributed by atoms with Crippen LogP contribution < -0.4 is 10.1 Å². The molecule has 0 unspecified atom stereocenters. The molecule has 0 spiro atoms. The Labute approximate surface area is 121 Å². The van der Waals surface area contributed by atoms with Crippen molar-refractivity contribution in [3.05, 3.63) is 30.2 Å². The molecule has 0 bridgehead atoms. The number of aromatic nitrogens is 2. The monoisotopic (exact) mass is 289 g/mol. The Hall–Kier alpha value is -2.70. The molecule has 7 nitrogen and oxygen atoms in total. The van der Waals surface area contributed by atoms with E-state index in [0.29, 0.717) is 5.82 Å². The van der Waals surface area contributed by atoms with Crippen LogP contribution in [-0.4, -0.2) is 28.9 Å². The normalized spacial score (nSPS) is 10.2. The van der Waals surface area contributed by atoms with E-state index in [4.69, 9.17) is 9.26 Å². The van der Waals surface area contributed by atoms with E-state index >= 15 is 0 Å². The zero-order valence-corrected chi connectivity index (χ0v) is 11.8. The van der Waals surface area contributed by atoms with E-state index in [1.807, 2.05) is 12.1 Å². The van der Waals surface area contributed by atoms with Crippen LogP contribution in [0.2, 0.25) is 0 Å². The van der Waals surface area contributed by atoms with Crippen molar-refractivity contribution in [1.82, 2.24) is 15.5 Å². The minimum absolute atomic E-state index is 0.0925. The SMILES string of the molecule is COc1ccc(-c2noc(CNC(=O)CC(C)=O)n2)cc1. The third kappa shape index (κ3) is 4.13. The highest BCUT2D eigenvalue weighted by Crippen LogP contribution is 2.19. The lowest BCUT2D eigenvalue weighted by Crippen LogP contribution is -2.24. The number of carbonyl (C=O) groups excluding carboxylic acids is 2. The highest BCUT2D eigenvalue weighted by molar-refractivity contribution is 5.96. The molecule has 21 heavy (non-hydrogen) atoms. The molecule has 110 valence electrons. The number of ether oxygens (including phenoxy) is 1. The first-order valence-corrected chi connectivity index (χ1v) is 6.31. The molecular formula is C14H15N3O4. The fourth-order valence-electron chi connectivity index (χ4n) is 1.65. The van der Waals surface area contributed by atoms with Crippen molar-refractivity contribution in [3.63, 3.8) is 0 Å². The van der Waals surface area contributed by atoms with Crippen LogP contribution in [0.4, 0.5) is 0 Å². The molecule has 0 aliphatic rings.